The van der Waals surface area contributed by atoms with Gasteiger partial charge in [-0.15, -0.1) is 0 Å². The van der Waals surface area contributed by atoms with Gasteiger partial charge in [-0.3, -0.25) is 0 Å². The molecular formula is C13H14BrNO3S. The van der Waals surface area contributed by atoms with Gasteiger partial charge in [0.15, 0.2) is 0 Å². The molecule has 0 saturated heterocycles. The van der Waals surface area contributed by atoms with Crippen LogP contribution in [0, 0.1) is 0 Å². The van der Waals surface area contributed by atoms with Crippen molar-refractivity contribution in [3.63, 3.8) is 0 Å². The standard InChI is InChI=1S/C13H14BrNO3S/c1-10(9-12-3-2-8-18-12)15-19(16,17)13-6-4-11(14)5-7-13/h2-8,10,15H,9H2,1H3. The van der Waals surface area contributed by atoms with Gasteiger partial charge < -0.3 is 4.42 Å². The summed E-state index contributed by atoms with van der Waals surface area (Å²) in [5.41, 5.74) is 0. The van der Waals surface area contributed by atoms with Crippen LogP contribution in [-0.2, 0) is 16.4 Å². The average Bonchev–Trinajstić information content (AvgIpc) is 2.81. The lowest BCUT2D eigenvalue weighted by atomic mass is 10.2. The molecule has 2 aromatic rings. The highest BCUT2D eigenvalue weighted by Crippen LogP contribution is 2.15. The smallest absolute Gasteiger partial charge is 0.240 e. The van der Waals surface area contributed by atoms with Crippen molar-refractivity contribution in [1.82, 2.24) is 4.72 Å². The summed E-state index contributed by atoms with van der Waals surface area (Å²) in [6.07, 6.45) is 2.09. The molecular weight excluding hydrogens is 330 g/mol. The molecule has 6 heteroatoms. The molecule has 1 aromatic carbocycles. The third kappa shape index (κ3) is 3.92. The second kappa shape index (κ2) is 5.90. The van der Waals surface area contributed by atoms with Gasteiger partial charge in [-0.05, 0) is 43.3 Å². The molecule has 0 aliphatic heterocycles. The molecule has 0 radical (unpaired) electrons. The first kappa shape index (κ1) is 14.3. The SMILES string of the molecule is CC(Cc1ccco1)NS(=O)(=O)c1ccc(Br)cc1. The Balaban J connectivity index is 2.06. The molecule has 1 aromatic heterocycles. The summed E-state index contributed by atoms with van der Waals surface area (Å²) in [6, 6.07) is 9.89. The summed E-state index contributed by atoms with van der Waals surface area (Å²) in [6.45, 7) is 1.80. The maximum atomic E-state index is 12.1. The van der Waals surface area contributed by atoms with Crippen molar-refractivity contribution in [1.29, 1.82) is 0 Å². The zero-order valence-electron chi connectivity index (χ0n) is 10.3. The molecule has 0 amide bonds. The second-order valence-electron chi connectivity index (χ2n) is 4.26. The van der Waals surface area contributed by atoms with E-state index in [2.05, 4.69) is 20.7 Å². The van der Waals surface area contributed by atoms with Crippen LogP contribution < -0.4 is 4.72 Å². The van der Waals surface area contributed by atoms with E-state index in [1.807, 2.05) is 6.07 Å². The van der Waals surface area contributed by atoms with E-state index in [4.69, 9.17) is 4.42 Å². The number of halogens is 1. The van der Waals surface area contributed by atoms with Gasteiger partial charge in [0.05, 0.1) is 11.2 Å². The van der Waals surface area contributed by atoms with Crippen molar-refractivity contribution < 1.29 is 12.8 Å². The molecule has 0 aliphatic rings. The number of benzene rings is 1. The fraction of sp³-hybridized carbons (Fsp3) is 0.231. The molecule has 0 aliphatic carbocycles. The van der Waals surface area contributed by atoms with E-state index in [0.717, 1.165) is 10.2 Å². The normalized spacial score (nSPS) is 13.4. The van der Waals surface area contributed by atoms with Crippen molar-refractivity contribution in [2.24, 2.45) is 0 Å². The van der Waals surface area contributed by atoms with Crippen molar-refractivity contribution in [3.05, 3.63) is 52.9 Å². The lowest BCUT2D eigenvalue weighted by molar-refractivity contribution is 0.479. The molecule has 0 bridgehead atoms. The lowest BCUT2D eigenvalue weighted by Crippen LogP contribution is -2.34. The van der Waals surface area contributed by atoms with Crippen molar-refractivity contribution >= 4 is 26.0 Å². The maximum absolute atomic E-state index is 12.1. The molecule has 19 heavy (non-hydrogen) atoms. The van der Waals surface area contributed by atoms with Crippen LogP contribution in [0.3, 0.4) is 0 Å². The Morgan fingerprint density at radius 3 is 2.53 bits per heavy atom. The lowest BCUT2D eigenvalue weighted by Gasteiger charge is -2.13. The van der Waals surface area contributed by atoms with Gasteiger partial charge in [0.25, 0.3) is 0 Å². The van der Waals surface area contributed by atoms with Gasteiger partial charge in [-0.25, -0.2) is 13.1 Å². The molecule has 102 valence electrons. The highest BCUT2D eigenvalue weighted by atomic mass is 79.9. The van der Waals surface area contributed by atoms with E-state index in [1.54, 1.807) is 43.5 Å². The largest absolute Gasteiger partial charge is 0.469 e. The van der Waals surface area contributed by atoms with Crippen molar-refractivity contribution in [3.8, 4) is 0 Å². The van der Waals surface area contributed by atoms with E-state index >= 15 is 0 Å². The monoisotopic (exact) mass is 343 g/mol. The van der Waals surface area contributed by atoms with Gasteiger partial charge in [-0.1, -0.05) is 15.9 Å². The van der Waals surface area contributed by atoms with Crippen LogP contribution in [0.2, 0.25) is 0 Å². The minimum Gasteiger partial charge on any atom is -0.469 e. The number of furan rings is 1. The Morgan fingerprint density at radius 1 is 1.26 bits per heavy atom. The Kier molecular flexibility index (Phi) is 4.44. The van der Waals surface area contributed by atoms with Crippen LogP contribution in [0.1, 0.15) is 12.7 Å². The number of rotatable bonds is 5. The van der Waals surface area contributed by atoms with Gasteiger partial charge in [0, 0.05) is 16.9 Å². The number of nitrogens with one attached hydrogen (secondary N) is 1. The van der Waals surface area contributed by atoms with E-state index in [0.29, 0.717) is 6.42 Å². The fourth-order valence-electron chi connectivity index (χ4n) is 1.72. The Hall–Kier alpha value is -1.11. The van der Waals surface area contributed by atoms with E-state index in [1.165, 1.54) is 0 Å². The zero-order valence-corrected chi connectivity index (χ0v) is 12.7. The van der Waals surface area contributed by atoms with E-state index < -0.39 is 10.0 Å². The number of hydrogen-bond acceptors (Lipinski definition) is 3. The molecule has 0 spiro atoms. The number of hydrogen-bond donors (Lipinski definition) is 1. The quantitative estimate of drug-likeness (QED) is 0.907. The van der Waals surface area contributed by atoms with Crippen molar-refractivity contribution in [2.45, 2.75) is 24.3 Å². The van der Waals surface area contributed by atoms with Gasteiger partial charge in [0.2, 0.25) is 10.0 Å². The van der Waals surface area contributed by atoms with Crippen LogP contribution in [0.5, 0.6) is 0 Å². The third-order valence-electron chi connectivity index (χ3n) is 2.57. The van der Waals surface area contributed by atoms with E-state index in [9.17, 15) is 8.42 Å². The Labute approximate surface area is 121 Å². The summed E-state index contributed by atoms with van der Waals surface area (Å²) in [4.78, 5) is 0.252. The summed E-state index contributed by atoms with van der Waals surface area (Å²) < 4.78 is 32.9. The molecule has 4 nitrogen and oxygen atoms in total. The molecule has 1 atom stereocenters. The van der Waals surface area contributed by atoms with Crippen LogP contribution in [-0.4, -0.2) is 14.5 Å². The third-order valence-corrected chi connectivity index (χ3v) is 4.70. The van der Waals surface area contributed by atoms with Crippen LogP contribution >= 0.6 is 15.9 Å². The highest BCUT2D eigenvalue weighted by Gasteiger charge is 2.17. The first-order chi connectivity index (χ1) is 8.97. The summed E-state index contributed by atoms with van der Waals surface area (Å²) in [7, 11) is -3.49. The summed E-state index contributed by atoms with van der Waals surface area (Å²) >= 11 is 3.28. The van der Waals surface area contributed by atoms with Crippen LogP contribution in [0.4, 0.5) is 0 Å². The van der Waals surface area contributed by atoms with Crippen LogP contribution in [0.25, 0.3) is 0 Å². The van der Waals surface area contributed by atoms with E-state index in [-0.39, 0.29) is 10.9 Å². The van der Waals surface area contributed by atoms with Gasteiger partial charge in [-0.2, -0.15) is 0 Å². The topological polar surface area (TPSA) is 59.3 Å². The average molecular weight is 344 g/mol. The maximum Gasteiger partial charge on any atom is 0.240 e. The summed E-state index contributed by atoms with van der Waals surface area (Å²) in [5.74, 6) is 0.756. The fourth-order valence-corrected chi connectivity index (χ4v) is 3.23. The Bertz CT molecular complexity index is 620. The minimum absolute atomic E-state index is 0.236. The molecule has 0 saturated carbocycles. The Morgan fingerprint density at radius 2 is 1.95 bits per heavy atom. The van der Waals surface area contributed by atoms with Crippen LogP contribution in [0.15, 0.2) is 56.4 Å². The zero-order chi connectivity index (χ0) is 13.9. The highest BCUT2D eigenvalue weighted by molar-refractivity contribution is 9.10. The first-order valence-corrected chi connectivity index (χ1v) is 8.05. The molecule has 1 N–H and O–H groups in total. The van der Waals surface area contributed by atoms with Crippen molar-refractivity contribution in [2.75, 3.05) is 0 Å². The molecule has 1 heterocycles. The van der Waals surface area contributed by atoms with Gasteiger partial charge >= 0.3 is 0 Å². The van der Waals surface area contributed by atoms with Gasteiger partial charge in [0.1, 0.15) is 5.76 Å². The molecule has 1 unspecified atom stereocenters. The predicted molar refractivity (Wildman–Crippen MR) is 76.3 cm³/mol. The first-order valence-electron chi connectivity index (χ1n) is 5.77. The number of sulfonamides is 1. The predicted octanol–water partition coefficient (Wildman–Crippen LogP) is 2.95. The minimum atomic E-state index is -3.49. The summed E-state index contributed by atoms with van der Waals surface area (Å²) in [5, 5.41) is 0. The molecule has 2 rings (SSSR count). The second-order valence-corrected chi connectivity index (χ2v) is 6.89. The molecule has 0 fully saturated rings.